The molecule has 4 nitrogen and oxygen atoms in total. The molecule has 17 heavy (non-hydrogen) atoms. The lowest BCUT2D eigenvalue weighted by atomic mass is 10.1. The van der Waals surface area contributed by atoms with Crippen molar-refractivity contribution in [3.05, 3.63) is 35.7 Å². The van der Waals surface area contributed by atoms with Crippen LogP contribution in [0.1, 0.15) is 18.3 Å². The van der Waals surface area contributed by atoms with Crippen molar-refractivity contribution >= 4 is 16.3 Å². The highest BCUT2D eigenvalue weighted by Crippen LogP contribution is 2.27. The first-order valence-electron chi connectivity index (χ1n) is 5.56. The highest BCUT2D eigenvalue weighted by molar-refractivity contribution is 7.19. The summed E-state index contributed by atoms with van der Waals surface area (Å²) in [5.74, 6) is 0.913. The quantitative estimate of drug-likeness (QED) is 0.696. The lowest BCUT2D eigenvalue weighted by molar-refractivity contribution is 0.837. The first-order chi connectivity index (χ1) is 8.29. The van der Waals surface area contributed by atoms with Gasteiger partial charge in [0.1, 0.15) is 5.01 Å². The Hall–Kier alpha value is -1.75. The van der Waals surface area contributed by atoms with E-state index in [9.17, 15) is 0 Å². The Labute approximate surface area is 103 Å². The van der Waals surface area contributed by atoms with Gasteiger partial charge in [-0.1, -0.05) is 42.5 Å². The van der Waals surface area contributed by atoms with Crippen molar-refractivity contribution < 1.29 is 0 Å². The molecule has 3 aromatic rings. The monoisotopic (exact) mass is 244 g/mol. The van der Waals surface area contributed by atoms with Crippen molar-refractivity contribution in [1.29, 1.82) is 0 Å². The van der Waals surface area contributed by atoms with Gasteiger partial charge in [-0.15, -0.1) is 10.2 Å². The van der Waals surface area contributed by atoms with Crippen molar-refractivity contribution in [3.63, 3.8) is 0 Å². The minimum atomic E-state index is 0.845. The van der Waals surface area contributed by atoms with Crippen LogP contribution in [0.5, 0.6) is 0 Å². The molecule has 86 valence electrons. The van der Waals surface area contributed by atoms with Gasteiger partial charge in [0, 0.05) is 12.0 Å². The second-order valence-corrected chi connectivity index (χ2v) is 4.84. The number of hydrogen-bond acceptors (Lipinski definition) is 4. The van der Waals surface area contributed by atoms with Crippen LogP contribution in [0.2, 0.25) is 0 Å². The van der Waals surface area contributed by atoms with E-state index >= 15 is 0 Å². The molecular weight excluding hydrogens is 232 g/mol. The minimum absolute atomic E-state index is 0.845. The number of benzene rings is 1. The molecule has 0 N–H and O–H groups in total. The van der Waals surface area contributed by atoms with Gasteiger partial charge in [0.05, 0.1) is 0 Å². The summed E-state index contributed by atoms with van der Waals surface area (Å²) in [6.45, 7) is 4.15. The molecule has 3 rings (SSSR count). The third-order valence-electron chi connectivity index (χ3n) is 2.75. The van der Waals surface area contributed by atoms with Gasteiger partial charge in [0.15, 0.2) is 5.82 Å². The highest BCUT2D eigenvalue weighted by atomic mass is 32.1. The fourth-order valence-corrected chi connectivity index (χ4v) is 2.75. The summed E-state index contributed by atoms with van der Waals surface area (Å²) < 4.78 is 1.84. The molecule has 0 aliphatic heterocycles. The summed E-state index contributed by atoms with van der Waals surface area (Å²) in [5.41, 5.74) is 2.40. The van der Waals surface area contributed by atoms with Crippen molar-refractivity contribution in [2.45, 2.75) is 20.3 Å². The van der Waals surface area contributed by atoms with E-state index < -0.39 is 0 Å². The zero-order valence-electron chi connectivity index (χ0n) is 9.71. The molecule has 0 spiro atoms. The topological polar surface area (TPSA) is 43.1 Å². The summed E-state index contributed by atoms with van der Waals surface area (Å²) >= 11 is 1.58. The van der Waals surface area contributed by atoms with E-state index in [0.29, 0.717) is 0 Å². The van der Waals surface area contributed by atoms with Gasteiger partial charge in [-0.2, -0.15) is 9.61 Å². The van der Waals surface area contributed by atoms with E-state index in [2.05, 4.69) is 41.3 Å². The van der Waals surface area contributed by atoms with Crippen LogP contribution in [-0.2, 0) is 6.42 Å². The number of hydrogen-bond donors (Lipinski definition) is 0. The van der Waals surface area contributed by atoms with Gasteiger partial charge in [-0.05, 0) is 12.5 Å². The summed E-state index contributed by atoms with van der Waals surface area (Å²) in [5, 5.41) is 13.8. The molecule has 0 saturated carbocycles. The Morgan fingerprint density at radius 2 is 2.06 bits per heavy atom. The number of nitrogens with zero attached hydrogens (tertiary/aromatic N) is 4. The van der Waals surface area contributed by atoms with Crippen LogP contribution < -0.4 is 0 Å². The number of fused-ring (bicyclic) bond motifs is 1. The van der Waals surface area contributed by atoms with Crippen LogP contribution in [0.15, 0.2) is 24.3 Å². The molecular formula is C12H12N4S. The smallest absolute Gasteiger partial charge is 0.187 e. The van der Waals surface area contributed by atoms with Gasteiger partial charge < -0.3 is 0 Å². The van der Waals surface area contributed by atoms with Crippen LogP contribution in [0, 0.1) is 6.92 Å². The standard InChI is InChI=1S/C12H12N4S/c1-3-10-13-14-12-16(10)15-11(17-12)9-7-5-4-6-8(9)2/h4-7H,3H2,1-2H3. The molecule has 2 heterocycles. The van der Waals surface area contributed by atoms with E-state index in [4.69, 9.17) is 0 Å². The van der Waals surface area contributed by atoms with Crippen molar-refractivity contribution in [3.8, 4) is 10.6 Å². The molecule has 0 atom stereocenters. The maximum absolute atomic E-state index is 4.58. The van der Waals surface area contributed by atoms with Gasteiger partial charge >= 0.3 is 0 Å². The fraction of sp³-hybridized carbons (Fsp3) is 0.250. The number of rotatable bonds is 2. The lowest BCUT2D eigenvalue weighted by Crippen LogP contribution is -1.93. The van der Waals surface area contributed by atoms with Crippen LogP contribution in [0.4, 0.5) is 0 Å². The first-order valence-corrected chi connectivity index (χ1v) is 6.38. The normalized spacial score (nSPS) is 11.2. The van der Waals surface area contributed by atoms with Crippen molar-refractivity contribution in [2.24, 2.45) is 0 Å². The molecule has 0 unspecified atom stereocenters. The molecule has 5 heteroatoms. The zero-order chi connectivity index (χ0) is 11.8. The van der Waals surface area contributed by atoms with Gasteiger partial charge in [0.2, 0.25) is 4.96 Å². The van der Waals surface area contributed by atoms with Crippen molar-refractivity contribution in [2.75, 3.05) is 0 Å². The summed E-state index contributed by atoms with van der Waals surface area (Å²) in [6.07, 6.45) is 0.845. The SMILES string of the molecule is CCc1nnc2sc(-c3ccccc3C)nn12. The Morgan fingerprint density at radius 3 is 2.82 bits per heavy atom. The summed E-state index contributed by atoms with van der Waals surface area (Å²) in [6, 6.07) is 8.26. The molecule has 2 aromatic heterocycles. The Balaban J connectivity index is 2.19. The van der Waals surface area contributed by atoms with Crippen LogP contribution in [0.25, 0.3) is 15.5 Å². The van der Waals surface area contributed by atoms with Gasteiger partial charge in [0.25, 0.3) is 0 Å². The third-order valence-corrected chi connectivity index (χ3v) is 3.68. The Morgan fingerprint density at radius 1 is 1.24 bits per heavy atom. The maximum Gasteiger partial charge on any atom is 0.234 e. The molecule has 0 saturated heterocycles. The largest absolute Gasteiger partial charge is 0.234 e. The van der Waals surface area contributed by atoms with E-state index in [0.717, 1.165) is 22.2 Å². The first kappa shape index (κ1) is 10.4. The highest BCUT2D eigenvalue weighted by Gasteiger charge is 2.12. The average molecular weight is 244 g/mol. The molecule has 0 bridgehead atoms. The summed E-state index contributed by atoms with van der Waals surface area (Å²) in [4.78, 5) is 0.861. The zero-order valence-corrected chi connectivity index (χ0v) is 10.5. The third kappa shape index (κ3) is 1.63. The molecule has 0 aliphatic carbocycles. The van der Waals surface area contributed by atoms with E-state index in [1.165, 1.54) is 11.1 Å². The van der Waals surface area contributed by atoms with Crippen LogP contribution in [0.3, 0.4) is 0 Å². The van der Waals surface area contributed by atoms with E-state index in [1.807, 2.05) is 16.6 Å². The van der Waals surface area contributed by atoms with Crippen LogP contribution in [-0.4, -0.2) is 19.8 Å². The fourth-order valence-electron chi connectivity index (χ4n) is 1.80. The maximum atomic E-state index is 4.58. The second-order valence-electron chi connectivity index (χ2n) is 3.89. The predicted octanol–water partition coefficient (Wildman–Crippen LogP) is 2.72. The minimum Gasteiger partial charge on any atom is -0.187 e. The van der Waals surface area contributed by atoms with Crippen molar-refractivity contribution in [1.82, 2.24) is 19.8 Å². The molecule has 1 aromatic carbocycles. The molecule has 0 aliphatic rings. The molecule has 0 radical (unpaired) electrons. The average Bonchev–Trinajstić information content (AvgIpc) is 2.88. The van der Waals surface area contributed by atoms with Crippen LogP contribution >= 0.6 is 11.3 Å². The van der Waals surface area contributed by atoms with E-state index in [1.54, 1.807) is 11.3 Å². The predicted molar refractivity (Wildman–Crippen MR) is 68.2 cm³/mol. The molecule has 0 amide bonds. The van der Waals surface area contributed by atoms with Gasteiger partial charge in [-0.25, -0.2) is 0 Å². The Bertz CT molecular complexity index is 668. The second kappa shape index (κ2) is 3.92. The van der Waals surface area contributed by atoms with E-state index in [-0.39, 0.29) is 0 Å². The lowest BCUT2D eigenvalue weighted by Gasteiger charge is -1.99. The Kier molecular flexibility index (Phi) is 2.40. The summed E-state index contributed by atoms with van der Waals surface area (Å²) in [7, 11) is 0. The number of aromatic nitrogens is 4. The number of aryl methyl sites for hydroxylation is 2. The van der Waals surface area contributed by atoms with Gasteiger partial charge in [-0.3, -0.25) is 0 Å². The molecule has 0 fully saturated rings.